The molecule has 1 unspecified atom stereocenters. The highest BCUT2D eigenvalue weighted by atomic mass is 127. The van der Waals surface area contributed by atoms with Crippen LogP contribution < -0.4 is 15.4 Å². The maximum Gasteiger partial charge on any atom is 0.191 e. The average molecular weight is 556 g/mol. The number of guanidine groups is 1. The predicted octanol–water partition coefficient (Wildman–Crippen LogP) is 3.13. The van der Waals surface area contributed by atoms with Crippen LogP contribution in [0.4, 0.5) is 0 Å². The Bertz CT molecular complexity index is 984. The molecule has 0 saturated heterocycles. The number of aliphatic hydroxyl groups is 1. The monoisotopic (exact) mass is 556 g/mol. The summed E-state index contributed by atoms with van der Waals surface area (Å²) < 4.78 is 6.88. The van der Waals surface area contributed by atoms with Gasteiger partial charge in [-0.2, -0.15) is 5.10 Å². The second-order valence-electron chi connectivity index (χ2n) is 7.10. The number of aryl methyl sites for hydroxylation is 1. The van der Waals surface area contributed by atoms with Crippen LogP contribution in [0.5, 0.6) is 5.75 Å². The largest absolute Gasteiger partial charge is 0.497 e. The topological polar surface area (TPSA) is 96.6 Å². The van der Waals surface area contributed by atoms with E-state index in [-0.39, 0.29) is 24.0 Å². The molecule has 0 bridgehead atoms. The number of ether oxygens (including phenoxy) is 1. The van der Waals surface area contributed by atoms with Gasteiger partial charge in [-0.25, -0.2) is 9.98 Å². The second-order valence-corrected chi connectivity index (χ2v) is 7.96. The van der Waals surface area contributed by atoms with Crippen LogP contribution in [0.2, 0.25) is 0 Å². The summed E-state index contributed by atoms with van der Waals surface area (Å²) in [6.45, 7) is 5.22. The normalized spacial score (nSPS) is 13.3. The number of benzene rings is 1. The van der Waals surface area contributed by atoms with Gasteiger partial charge in [0.2, 0.25) is 0 Å². The van der Waals surface area contributed by atoms with Crippen molar-refractivity contribution in [3.8, 4) is 16.3 Å². The van der Waals surface area contributed by atoms with Gasteiger partial charge in [-0.3, -0.25) is 4.68 Å². The molecule has 8 nitrogen and oxygen atoms in total. The third-order valence-electron chi connectivity index (χ3n) is 4.56. The van der Waals surface area contributed by atoms with Gasteiger partial charge in [0, 0.05) is 36.3 Å². The Kier molecular flexibility index (Phi) is 9.26. The Morgan fingerprint density at radius 2 is 2.03 bits per heavy atom. The van der Waals surface area contributed by atoms with Crippen molar-refractivity contribution in [2.24, 2.45) is 12.0 Å². The van der Waals surface area contributed by atoms with Crippen molar-refractivity contribution >= 4 is 41.3 Å². The molecule has 2 heterocycles. The lowest BCUT2D eigenvalue weighted by Gasteiger charge is -2.23. The highest BCUT2D eigenvalue weighted by Gasteiger charge is 2.25. The molecule has 0 aliphatic carbocycles. The van der Waals surface area contributed by atoms with Crippen molar-refractivity contribution in [3.63, 3.8) is 0 Å². The smallest absolute Gasteiger partial charge is 0.191 e. The molecule has 3 rings (SSSR count). The van der Waals surface area contributed by atoms with Crippen LogP contribution in [0.15, 0.2) is 47.0 Å². The van der Waals surface area contributed by atoms with Crippen LogP contribution in [-0.2, 0) is 19.2 Å². The van der Waals surface area contributed by atoms with E-state index in [9.17, 15) is 5.11 Å². The minimum Gasteiger partial charge on any atom is -0.497 e. The van der Waals surface area contributed by atoms with Gasteiger partial charge in [0.1, 0.15) is 16.4 Å². The molecule has 0 saturated carbocycles. The molecule has 31 heavy (non-hydrogen) atoms. The predicted molar refractivity (Wildman–Crippen MR) is 135 cm³/mol. The molecule has 10 heteroatoms. The van der Waals surface area contributed by atoms with Crippen molar-refractivity contribution in [2.75, 3.05) is 20.2 Å². The molecule has 168 valence electrons. The summed E-state index contributed by atoms with van der Waals surface area (Å²) in [7, 11) is 3.48. The van der Waals surface area contributed by atoms with Gasteiger partial charge in [0.15, 0.2) is 5.96 Å². The fraction of sp³-hybridized carbons (Fsp3) is 0.381. The summed E-state index contributed by atoms with van der Waals surface area (Å²) in [5, 5.41) is 24.2. The van der Waals surface area contributed by atoms with Crippen LogP contribution in [0, 0.1) is 0 Å². The molecule has 0 radical (unpaired) electrons. The molecule has 1 aromatic carbocycles. The quantitative estimate of drug-likeness (QED) is 0.224. The number of halogens is 1. The van der Waals surface area contributed by atoms with Gasteiger partial charge >= 0.3 is 0 Å². The summed E-state index contributed by atoms with van der Waals surface area (Å²) in [6.07, 6.45) is 3.48. The number of nitrogens with one attached hydrogen (secondary N) is 2. The lowest BCUT2D eigenvalue weighted by Crippen LogP contribution is -2.44. The Morgan fingerprint density at radius 3 is 2.65 bits per heavy atom. The number of hydrogen-bond donors (Lipinski definition) is 3. The summed E-state index contributed by atoms with van der Waals surface area (Å²) in [5.41, 5.74) is 1.62. The highest BCUT2D eigenvalue weighted by Crippen LogP contribution is 2.26. The van der Waals surface area contributed by atoms with Crippen molar-refractivity contribution < 1.29 is 9.84 Å². The number of hydrogen-bond acceptors (Lipinski definition) is 6. The van der Waals surface area contributed by atoms with Gasteiger partial charge in [-0.1, -0.05) is 0 Å². The fourth-order valence-electron chi connectivity index (χ4n) is 2.80. The van der Waals surface area contributed by atoms with Crippen LogP contribution in [0.25, 0.3) is 10.6 Å². The molecular weight excluding hydrogens is 527 g/mol. The number of methoxy groups -OCH3 is 1. The number of nitrogens with zero attached hydrogens (tertiary/aromatic N) is 4. The van der Waals surface area contributed by atoms with E-state index in [1.165, 1.54) is 0 Å². The number of aliphatic imine (C=N–C) groups is 1. The van der Waals surface area contributed by atoms with E-state index in [1.54, 1.807) is 36.2 Å². The molecule has 1 atom stereocenters. The van der Waals surface area contributed by atoms with Crippen LogP contribution >= 0.6 is 35.3 Å². The second kappa shape index (κ2) is 11.4. The van der Waals surface area contributed by atoms with E-state index >= 15 is 0 Å². The molecule has 0 aliphatic rings. The maximum atomic E-state index is 10.8. The van der Waals surface area contributed by atoms with E-state index in [2.05, 4.69) is 25.7 Å². The van der Waals surface area contributed by atoms with E-state index in [0.717, 1.165) is 34.1 Å². The minimum atomic E-state index is -1.06. The molecular formula is C21H29IN6O2S. The molecule has 0 amide bonds. The van der Waals surface area contributed by atoms with Crippen LogP contribution in [-0.4, -0.2) is 46.0 Å². The molecule has 0 spiro atoms. The Hall–Kier alpha value is -2.18. The van der Waals surface area contributed by atoms with Gasteiger partial charge in [0.25, 0.3) is 0 Å². The molecule has 0 aliphatic heterocycles. The Balaban J connectivity index is 0.00000341. The molecule has 3 aromatic rings. The minimum absolute atomic E-state index is 0. The van der Waals surface area contributed by atoms with E-state index in [1.807, 2.05) is 49.8 Å². The summed E-state index contributed by atoms with van der Waals surface area (Å²) in [5.74, 6) is 1.45. The van der Waals surface area contributed by atoms with Gasteiger partial charge < -0.3 is 20.5 Å². The van der Waals surface area contributed by atoms with Gasteiger partial charge in [-0.15, -0.1) is 35.3 Å². The summed E-state index contributed by atoms with van der Waals surface area (Å²) in [6, 6.07) is 7.85. The standard InChI is InChI=1S/C21H28N6O2S.HI/c1-5-22-20(24-14-21(2,28)16-10-25-27(3)12-16)23-11-17-13-30-19(26-17)15-6-8-18(29-4)9-7-15;/h6-10,12-13,28H,5,11,14H2,1-4H3,(H2,22,23,24);1H. The zero-order valence-electron chi connectivity index (χ0n) is 18.1. The molecule has 2 aromatic heterocycles. The zero-order valence-corrected chi connectivity index (χ0v) is 21.3. The summed E-state index contributed by atoms with van der Waals surface area (Å²) >= 11 is 1.59. The van der Waals surface area contributed by atoms with Crippen molar-refractivity contribution in [3.05, 3.63) is 53.3 Å². The van der Waals surface area contributed by atoms with Crippen molar-refractivity contribution in [1.82, 2.24) is 25.4 Å². The van der Waals surface area contributed by atoms with Gasteiger partial charge in [-0.05, 0) is 38.1 Å². The number of thiazole rings is 1. The molecule has 3 N–H and O–H groups in total. The molecule has 0 fully saturated rings. The first kappa shape index (κ1) is 25.1. The van der Waals surface area contributed by atoms with E-state index in [0.29, 0.717) is 19.0 Å². The third kappa shape index (κ3) is 6.91. The number of aromatic nitrogens is 3. The first-order chi connectivity index (χ1) is 14.4. The first-order valence-corrected chi connectivity index (χ1v) is 10.6. The maximum absolute atomic E-state index is 10.8. The Morgan fingerprint density at radius 1 is 1.29 bits per heavy atom. The van der Waals surface area contributed by atoms with Crippen molar-refractivity contribution in [1.29, 1.82) is 0 Å². The fourth-order valence-corrected chi connectivity index (χ4v) is 3.62. The van der Waals surface area contributed by atoms with Crippen LogP contribution in [0.3, 0.4) is 0 Å². The lowest BCUT2D eigenvalue weighted by molar-refractivity contribution is 0.0616. The van der Waals surface area contributed by atoms with Gasteiger partial charge in [0.05, 0.1) is 32.1 Å². The SMILES string of the molecule is CCNC(=NCc1csc(-c2ccc(OC)cc2)n1)NCC(C)(O)c1cnn(C)c1.I. The highest BCUT2D eigenvalue weighted by molar-refractivity contribution is 14.0. The lowest BCUT2D eigenvalue weighted by atomic mass is 10.00. The average Bonchev–Trinajstić information content (AvgIpc) is 3.40. The van der Waals surface area contributed by atoms with E-state index < -0.39 is 5.60 Å². The number of rotatable bonds is 8. The van der Waals surface area contributed by atoms with E-state index in [4.69, 9.17) is 4.74 Å². The summed E-state index contributed by atoms with van der Waals surface area (Å²) in [4.78, 5) is 9.29. The van der Waals surface area contributed by atoms with Crippen molar-refractivity contribution in [2.45, 2.75) is 26.0 Å². The first-order valence-electron chi connectivity index (χ1n) is 9.74. The zero-order chi connectivity index (χ0) is 21.6. The third-order valence-corrected chi connectivity index (χ3v) is 5.50. The Labute approximate surface area is 203 Å². The van der Waals surface area contributed by atoms with Crippen LogP contribution in [0.1, 0.15) is 25.1 Å².